The topological polar surface area (TPSA) is 101 Å². The van der Waals surface area contributed by atoms with E-state index >= 15 is 0 Å². The van der Waals surface area contributed by atoms with Crippen molar-refractivity contribution in [3.63, 3.8) is 0 Å². The van der Waals surface area contributed by atoms with Crippen LogP contribution in [0.5, 0.6) is 5.75 Å². The Morgan fingerprint density at radius 2 is 1.61 bits per heavy atom. The van der Waals surface area contributed by atoms with Gasteiger partial charge < -0.3 is 24.6 Å². The highest BCUT2D eigenvalue weighted by Crippen LogP contribution is 2.25. The number of piperidine rings is 1. The number of amides is 2. The fourth-order valence-electron chi connectivity index (χ4n) is 5.35. The maximum Gasteiger partial charge on any atom is 0.274 e. The van der Waals surface area contributed by atoms with Crippen LogP contribution < -0.4 is 15.0 Å². The first-order valence-corrected chi connectivity index (χ1v) is 15.3. The quantitative estimate of drug-likeness (QED) is 0.179. The van der Waals surface area contributed by atoms with Crippen molar-refractivity contribution in [1.82, 2.24) is 15.2 Å². The number of Topliss-reactive ketones (excluding diaryl/α,β-unsaturated/α-hetero) is 1. The second kappa shape index (κ2) is 15.3. The first-order valence-electron chi connectivity index (χ1n) is 15.3. The lowest BCUT2D eigenvalue weighted by atomic mass is 9.88. The number of nitrogens with one attached hydrogen (secondary N) is 1. The lowest BCUT2D eigenvalue weighted by Gasteiger charge is -2.31. The van der Waals surface area contributed by atoms with E-state index < -0.39 is 5.91 Å². The van der Waals surface area contributed by atoms with E-state index in [1.807, 2.05) is 24.3 Å². The Kier molecular flexibility index (Phi) is 10.7. The number of likely N-dealkylation sites (tertiary alicyclic amines) is 1. The molecule has 3 heterocycles. The van der Waals surface area contributed by atoms with Crippen molar-refractivity contribution in [2.24, 2.45) is 5.92 Å². The van der Waals surface area contributed by atoms with Crippen molar-refractivity contribution >= 4 is 23.3 Å². The van der Waals surface area contributed by atoms with Crippen molar-refractivity contribution < 1.29 is 28.2 Å². The first kappa shape index (κ1) is 32.3. The van der Waals surface area contributed by atoms with Gasteiger partial charge in [0, 0.05) is 55.2 Å². The van der Waals surface area contributed by atoms with Crippen LogP contribution in [0.25, 0.3) is 0 Å². The molecule has 2 fully saturated rings. The zero-order chi connectivity index (χ0) is 32.5. The molecule has 2 saturated heterocycles. The summed E-state index contributed by atoms with van der Waals surface area (Å²) < 4.78 is 24.0. The van der Waals surface area contributed by atoms with Crippen molar-refractivity contribution in [3.05, 3.63) is 126 Å². The molecule has 238 valence electrons. The van der Waals surface area contributed by atoms with Gasteiger partial charge in [-0.15, -0.1) is 0 Å². The summed E-state index contributed by atoms with van der Waals surface area (Å²) >= 11 is 0. The van der Waals surface area contributed by atoms with Gasteiger partial charge in [-0.05, 0) is 92.6 Å². The minimum absolute atomic E-state index is 0.109. The Bertz CT molecular complexity index is 1600. The summed E-state index contributed by atoms with van der Waals surface area (Å²) in [5.74, 6) is -0.288. The van der Waals surface area contributed by atoms with Crippen LogP contribution in [0, 0.1) is 11.7 Å². The number of halogens is 1. The lowest BCUT2D eigenvalue weighted by Crippen LogP contribution is -2.40. The van der Waals surface area contributed by atoms with E-state index in [1.54, 1.807) is 36.1 Å². The molecule has 0 bridgehead atoms. The Morgan fingerprint density at radius 1 is 0.935 bits per heavy atom. The van der Waals surface area contributed by atoms with Crippen LogP contribution in [-0.2, 0) is 4.74 Å². The van der Waals surface area contributed by atoms with E-state index in [0.29, 0.717) is 67.5 Å². The van der Waals surface area contributed by atoms with Gasteiger partial charge in [0.15, 0.2) is 5.78 Å². The number of nitrogens with zero attached hydrogens (tertiary/aromatic N) is 3. The third-order valence-corrected chi connectivity index (χ3v) is 8.00. The molecule has 0 unspecified atom stereocenters. The molecule has 9 nitrogen and oxygen atoms in total. The van der Waals surface area contributed by atoms with Crippen LogP contribution in [0.2, 0.25) is 0 Å². The molecule has 0 radical (unpaired) electrons. The van der Waals surface area contributed by atoms with Crippen molar-refractivity contribution in [1.29, 1.82) is 0 Å². The minimum Gasteiger partial charge on any atom is -0.458 e. The lowest BCUT2D eigenvalue weighted by molar-refractivity contribution is 0.0650. The summed E-state index contributed by atoms with van der Waals surface area (Å²) in [5, 5.41) is 2.76. The number of rotatable bonds is 10. The minimum atomic E-state index is -0.445. The van der Waals surface area contributed by atoms with Crippen LogP contribution in [0.15, 0.2) is 103 Å². The highest BCUT2D eigenvalue weighted by molar-refractivity contribution is 5.99. The number of anilines is 1. The maximum absolute atomic E-state index is 13.2. The number of hydrogen-bond donors (Lipinski definition) is 1. The summed E-state index contributed by atoms with van der Waals surface area (Å²) in [5.41, 5.74) is 2.80. The van der Waals surface area contributed by atoms with Gasteiger partial charge in [-0.3, -0.25) is 19.4 Å². The van der Waals surface area contributed by atoms with Gasteiger partial charge in [-0.1, -0.05) is 12.7 Å². The van der Waals surface area contributed by atoms with Gasteiger partial charge in [0.2, 0.25) is 0 Å². The zero-order valence-electron chi connectivity index (χ0n) is 25.8. The number of allylic oxidation sites excluding steroid dienone is 3. The van der Waals surface area contributed by atoms with Crippen LogP contribution >= 0.6 is 0 Å². The molecule has 0 saturated carbocycles. The van der Waals surface area contributed by atoms with Gasteiger partial charge in [-0.2, -0.15) is 0 Å². The molecule has 0 aliphatic carbocycles. The van der Waals surface area contributed by atoms with Gasteiger partial charge >= 0.3 is 0 Å². The van der Waals surface area contributed by atoms with Gasteiger partial charge in [0.05, 0.1) is 18.8 Å². The second-order valence-corrected chi connectivity index (χ2v) is 11.1. The number of pyridine rings is 1. The molecule has 1 aromatic heterocycles. The van der Waals surface area contributed by atoms with Crippen molar-refractivity contribution in [3.8, 4) is 5.75 Å². The second-order valence-electron chi connectivity index (χ2n) is 11.1. The standard InChI is InChI=1S/C36H37FN4O5/c1-3-30(10-4-25(2)46-32-13-8-29(37)9-14-32)39-35(43)33-15-7-28(24-38-33)36(44)41-18-16-27(17-19-41)34(42)26-5-11-31(12-6-26)40-20-22-45-23-21-40/h3-15,24,27H,2,16-23H2,1H3,(H,39,43). The molecule has 2 aliphatic heterocycles. The van der Waals surface area contributed by atoms with Crippen LogP contribution in [0.4, 0.5) is 10.1 Å². The van der Waals surface area contributed by atoms with E-state index in [-0.39, 0.29) is 29.1 Å². The molecule has 2 aromatic carbocycles. The smallest absolute Gasteiger partial charge is 0.274 e. The van der Waals surface area contributed by atoms with Crippen LogP contribution in [0.3, 0.4) is 0 Å². The number of aromatic nitrogens is 1. The molecule has 1 N–H and O–H groups in total. The third kappa shape index (κ3) is 8.33. The molecule has 46 heavy (non-hydrogen) atoms. The zero-order valence-corrected chi connectivity index (χ0v) is 25.8. The molecule has 2 aliphatic rings. The van der Waals surface area contributed by atoms with Crippen LogP contribution in [0.1, 0.15) is 51.0 Å². The number of ether oxygens (including phenoxy) is 2. The number of benzene rings is 2. The molecule has 10 heteroatoms. The predicted octanol–water partition coefficient (Wildman–Crippen LogP) is 5.57. The number of ketones is 1. The Hall–Kier alpha value is -5.09. The van der Waals surface area contributed by atoms with Crippen molar-refractivity contribution in [2.75, 3.05) is 44.3 Å². The third-order valence-electron chi connectivity index (χ3n) is 8.00. The average Bonchev–Trinajstić information content (AvgIpc) is 3.11. The number of hydrogen-bond acceptors (Lipinski definition) is 7. The molecule has 0 spiro atoms. The number of carbonyl (C=O) groups is 3. The molecular formula is C36H37FN4O5. The Balaban J connectivity index is 1.09. The van der Waals surface area contributed by atoms with Crippen molar-refractivity contribution in [2.45, 2.75) is 19.8 Å². The summed E-state index contributed by atoms with van der Waals surface area (Å²) in [6, 6.07) is 16.4. The Morgan fingerprint density at radius 3 is 2.24 bits per heavy atom. The maximum atomic E-state index is 13.2. The number of carbonyl (C=O) groups excluding carboxylic acids is 3. The monoisotopic (exact) mass is 624 g/mol. The Labute approximate surface area is 268 Å². The molecule has 0 atom stereocenters. The van der Waals surface area contributed by atoms with Gasteiger partial charge in [-0.25, -0.2) is 4.39 Å². The average molecular weight is 625 g/mol. The highest BCUT2D eigenvalue weighted by Gasteiger charge is 2.29. The molecule has 3 aromatic rings. The van der Waals surface area contributed by atoms with Gasteiger partial charge in [0.1, 0.15) is 23.0 Å². The highest BCUT2D eigenvalue weighted by atomic mass is 19.1. The first-order chi connectivity index (χ1) is 22.3. The fourth-order valence-corrected chi connectivity index (χ4v) is 5.35. The summed E-state index contributed by atoms with van der Waals surface area (Å²) in [6.07, 6.45) is 7.47. The van der Waals surface area contributed by atoms with E-state index in [0.717, 1.165) is 18.8 Å². The van der Waals surface area contributed by atoms with E-state index in [4.69, 9.17) is 9.47 Å². The van der Waals surface area contributed by atoms with E-state index in [1.165, 1.54) is 36.5 Å². The fraction of sp³-hybridized carbons (Fsp3) is 0.278. The summed E-state index contributed by atoms with van der Waals surface area (Å²) in [6.45, 7) is 9.61. The summed E-state index contributed by atoms with van der Waals surface area (Å²) in [7, 11) is 0. The van der Waals surface area contributed by atoms with E-state index in [9.17, 15) is 18.8 Å². The van der Waals surface area contributed by atoms with E-state index in [2.05, 4.69) is 21.8 Å². The SMILES string of the molecule is C=C(C=CC(=CC)NC(=O)c1ccc(C(=O)N2CCC(C(=O)c3ccc(N4CCOCC4)cc3)CC2)cn1)Oc1ccc(F)cc1. The van der Waals surface area contributed by atoms with Gasteiger partial charge in [0.25, 0.3) is 11.8 Å². The molecular weight excluding hydrogens is 587 g/mol. The molecule has 5 rings (SSSR count). The predicted molar refractivity (Wildman–Crippen MR) is 173 cm³/mol. The number of morpholine rings is 1. The molecule has 2 amide bonds. The van der Waals surface area contributed by atoms with Crippen LogP contribution in [-0.4, -0.2) is 66.9 Å². The summed E-state index contributed by atoms with van der Waals surface area (Å²) in [4.78, 5) is 47.3. The normalized spacial score (nSPS) is 15.9. The largest absolute Gasteiger partial charge is 0.458 e.